The maximum absolute atomic E-state index is 11.4. The first-order valence-electron chi connectivity index (χ1n) is 7.03. The molecule has 2 rings (SSSR count). The Balaban J connectivity index is 1.82. The summed E-state index contributed by atoms with van der Waals surface area (Å²) in [6, 6.07) is 0.228. The van der Waals surface area contributed by atoms with Crippen LogP contribution in [-0.4, -0.2) is 26.0 Å². The molecule has 100 valence electrons. The van der Waals surface area contributed by atoms with E-state index in [0.29, 0.717) is 23.3 Å². The molecule has 2 N–H and O–H groups in total. The van der Waals surface area contributed by atoms with Gasteiger partial charge in [-0.3, -0.25) is 0 Å². The molecule has 1 heterocycles. The average Bonchev–Trinajstić information content (AvgIpc) is 2.52. The summed E-state index contributed by atoms with van der Waals surface area (Å²) < 4.78 is 22.8. The second-order valence-electron chi connectivity index (χ2n) is 5.92. The molecule has 2 atom stereocenters. The largest absolute Gasteiger partial charge is 0.327 e. The zero-order chi connectivity index (χ0) is 12.3. The molecule has 1 aliphatic heterocycles. The van der Waals surface area contributed by atoms with Gasteiger partial charge in [0.1, 0.15) is 0 Å². The van der Waals surface area contributed by atoms with E-state index in [2.05, 4.69) is 0 Å². The summed E-state index contributed by atoms with van der Waals surface area (Å²) in [5, 5.41) is 0. The van der Waals surface area contributed by atoms with Crippen LogP contribution in [0.25, 0.3) is 0 Å². The number of sulfone groups is 1. The maximum Gasteiger partial charge on any atom is 0.150 e. The second kappa shape index (κ2) is 5.70. The summed E-state index contributed by atoms with van der Waals surface area (Å²) >= 11 is 0. The van der Waals surface area contributed by atoms with Crippen molar-refractivity contribution in [2.24, 2.45) is 17.6 Å². The van der Waals surface area contributed by atoms with Crippen LogP contribution in [0.1, 0.15) is 51.4 Å². The average molecular weight is 259 g/mol. The Hall–Kier alpha value is -0.0900. The molecule has 2 fully saturated rings. The van der Waals surface area contributed by atoms with Crippen molar-refractivity contribution in [2.75, 3.05) is 11.5 Å². The van der Waals surface area contributed by atoms with Gasteiger partial charge in [0.15, 0.2) is 9.84 Å². The van der Waals surface area contributed by atoms with Crippen LogP contribution >= 0.6 is 0 Å². The van der Waals surface area contributed by atoms with E-state index in [1.807, 2.05) is 0 Å². The molecule has 1 saturated heterocycles. The van der Waals surface area contributed by atoms with Gasteiger partial charge in [-0.1, -0.05) is 25.7 Å². The highest BCUT2D eigenvalue weighted by molar-refractivity contribution is 7.91. The summed E-state index contributed by atoms with van der Waals surface area (Å²) in [5.41, 5.74) is 6.29. The fourth-order valence-electron chi connectivity index (χ4n) is 3.37. The highest BCUT2D eigenvalue weighted by Crippen LogP contribution is 2.30. The lowest BCUT2D eigenvalue weighted by Crippen LogP contribution is -2.32. The smallest absolute Gasteiger partial charge is 0.150 e. The van der Waals surface area contributed by atoms with Crippen LogP contribution in [-0.2, 0) is 9.84 Å². The molecule has 0 bridgehead atoms. The lowest BCUT2D eigenvalue weighted by Gasteiger charge is -2.24. The number of rotatable bonds is 3. The minimum absolute atomic E-state index is 0.228. The predicted octanol–water partition coefficient (Wildman–Crippen LogP) is 2.11. The topological polar surface area (TPSA) is 60.2 Å². The van der Waals surface area contributed by atoms with Crippen molar-refractivity contribution in [2.45, 2.75) is 57.4 Å². The molecule has 2 unspecified atom stereocenters. The standard InChI is InChI=1S/C13H25NO2S/c14-13(12-5-3-1-2-4-6-12)9-11-7-8-17(15,16)10-11/h11-13H,1-10,14H2. The molecule has 0 amide bonds. The van der Waals surface area contributed by atoms with Crippen LogP contribution in [0.4, 0.5) is 0 Å². The van der Waals surface area contributed by atoms with Crippen LogP contribution in [0.15, 0.2) is 0 Å². The van der Waals surface area contributed by atoms with Crippen LogP contribution in [0.3, 0.4) is 0 Å². The van der Waals surface area contributed by atoms with E-state index in [1.54, 1.807) is 0 Å². The predicted molar refractivity (Wildman–Crippen MR) is 70.5 cm³/mol. The van der Waals surface area contributed by atoms with Crippen molar-refractivity contribution >= 4 is 9.84 Å². The number of nitrogens with two attached hydrogens (primary N) is 1. The molecule has 0 aromatic heterocycles. The first kappa shape index (κ1) is 13.3. The van der Waals surface area contributed by atoms with E-state index in [0.717, 1.165) is 12.8 Å². The Morgan fingerprint density at radius 3 is 2.24 bits per heavy atom. The normalized spacial score (nSPS) is 32.2. The van der Waals surface area contributed by atoms with Crippen molar-refractivity contribution in [3.8, 4) is 0 Å². The molecular weight excluding hydrogens is 234 g/mol. The fourth-order valence-corrected chi connectivity index (χ4v) is 5.25. The molecule has 17 heavy (non-hydrogen) atoms. The van der Waals surface area contributed by atoms with Gasteiger partial charge >= 0.3 is 0 Å². The van der Waals surface area contributed by atoms with Crippen molar-refractivity contribution in [1.82, 2.24) is 0 Å². The first-order chi connectivity index (χ1) is 8.07. The van der Waals surface area contributed by atoms with Crippen LogP contribution in [0.5, 0.6) is 0 Å². The Labute approximate surface area is 105 Å². The van der Waals surface area contributed by atoms with E-state index in [1.165, 1.54) is 38.5 Å². The zero-order valence-corrected chi connectivity index (χ0v) is 11.4. The number of hydrogen-bond donors (Lipinski definition) is 1. The molecule has 4 heteroatoms. The highest BCUT2D eigenvalue weighted by Gasteiger charge is 2.31. The van der Waals surface area contributed by atoms with Gasteiger partial charge in [0, 0.05) is 6.04 Å². The monoisotopic (exact) mass is 259 g/mol. The third-order valence-corrected chi connectivity index (χ3v) is 6.27. The molecule has 2 aliphatic rings. The van der Waals surface area contributed by atoms with Crippen molar-refractivity contribution in [3.63, 3.8) is 0 Å². The van der Waals surface area contributed by atoms with Gasteiger partial charge < -0.3 is 5.73 Å². The summed E-state index contributed by atoms with van der Waals surface area (Å²) in [7, 11) is -2.73. The lowest BCUT2D eigenvalue weighted by atomic mass is 9.86. The fraction of sp³-hybridized carbons (Fsp3) is 1.00. The molecular formula is C13H25NO2S. The quantitative estimate of drug-likeness (QED) is 0.790. The van der Waals surface area contributed by atoms with Crippen molar-refractivity contribution < 1.29 is 8.42 Å². The molecule has 3 nitrogen and oxygen atoms in total. The van der Waals surface area contributed by atoms with Gasteiger partial charge in [-0.05, 0) is 37.5 Å². The van der Waals surface area contributed by atoms with Crippen molar-refractivity contribution in [3.05, 3.63) is 0 Å². The molecule has 0 aromatic rings. The van der Waals surface area contributed by atoms with E-state index >= 15 is 0 Å². The summed E-state index contributed by atoms with van der Waals surface area (Å²) in [4.78, 5) is 0. The minimum Gasteiger partial charge on any atom is -0.327 e. The minimum atomic E-state index is -2.73. The SMILES string of the molecule is NC(CC1CCS(=O)(=O)C1)C1CCCCCC1. The van der Waals surface area contributed by atoms with Gasteiger partial charge in [-0.25, -0.2) is 8.42 Å². The van der Waals surface area contributed by atoms with Gasteiger partial charge in [0.05, 0.1) is 11.5 Å². The molecule has 1 saturated carbocycles. The van der Waals surface area contributed by atoms with E-state index in [-0.39, 0.29) is 6.04 Å². The highest BCUT2D eigenvalue weighted by atomic mass is 32.2. The Morgan fingerprint density at radius 2 is 1.71 bits per heavy atom. The third-order valence-electron chi connectivity index (χ3n) is 4.44. The molecule has 0 aromatic carbocycles. The van der Waals surface area contributed by atoms with Crippen LogP contribution < -0.4 is 5.73 Å². The van der Waals surface area contributed by atoms with Gasteiger partial charge in [-0.15, -0.1) is 0 Å². The lowest BCUT2D eigenvalue weighted by molar-refractivity contribution is 0.324. The first-order valence-corrected chi connectivity index (χ1v) is 8.85. The number of hydrogen-bond acceptors (Lipinski definition) is 3. The molecule has 0 spiro atoms. The Morgan fingerprint density at radius 1 is 1.06 bits per heavy atom. The Kier molecular flexibility index (Phi) is 4.47. The van der Waals surface area contributed by atoms with Gasteiger partial charge in [-0.2, -0.15) is 0 Å². The maximum atomic E-state index is 11.4. The van der Waals surface area contributed by atoms with Gasteiger partial charge in [0.25, 0.3) is 0 Å². The molecule has 1 aliphatic carbocycles. The van der Waals surface area contributed by atoms with E-state index in [9.17, 15) is 8.42 Å². The summed E-state index contributed by atoms with van der Waals surface area (Å²) in [5.74, 6) is 1.74. The van der Waals surface area contributed by atoms with E-state index < -0.39 is 9.84 Å². The zero-order valence-electron chi connectivity index (χ0n) is 10.6. The Bertz CT molecular complexity index is 331. The summed E-state index contributed by atoms with van der Waals surface area (Å²) in [6.07, 6.45) is 9.57. The third kappa shape index (κ3) is 3.95. The van der Waals surface area contributed by atoms with Gasteiger partial charge in [0.2, 0.25) is 0 Å². The second-order valence-corrected chi connectivity index (χ2v) is 8.15. The van der Waals surface area contributed by atoms with Crippen molar-refractivity contribution in [1.29, 1.82) is 0 Å². The van der Waals surface area contributed by atoms with Crippen LogP contribution in [0.2, 0.25) is 0 Å². The van der Waals surface area contributed by atoms with E-state index in [4.69, 9.17) is 5.73 Å². The summed E-state index contributed by atoms with van der Waals surface area (Å²) in [6.45, 7) is 0. The van der Waals surface area contributed by atoms with Crippen LogP contribution in [0, 0.1) is 11.8 Å². The molecule has 0 radical (unpaired) electrons.